The van der Waals surface area contributed by atoms with E-state index in [1.807, 2.05) is 13.8 Å². The number of hydrogen-bond acceptors (Lipinski definition) is 4. The number of piperidine rings is 1. The third-order valence-corrected chi connectivity index (χ3v) is 4.27. The van der Waals surface area contributed by atoms with Gasteiger partial charge in [0.05, 0.1) is 0 Å². The maximum Gasteiger partial charge on any atom is 0.408 e. The fourth-order valence-electron chi connectivity index (χ4n) is 2.79. The van der Waals surface area contributed by atoms with E-state index in [-0.39, 0.29) is 11.8 Å². The molecule has 1 heterocycles. The highest BCUT2D eigenvalue weighted by Gasteiger charge is 2.37. The van der Waals surface area contributed by atoms with Crippen molar-refractivity contribution in [2.24, 2.45) is 11.7 Å². The van der Waals surface area contributed by atoms with E-state index in [9.17, 15) is 14.4 Å². The zero-order valence-electron chi connectivity index (χ0n) is 15.4. The zero-order valence-corrected chi connectivity index (χ0v) is 15.4. The first-order valence-corrected chi connectivity index (χ1v) is 8.66. The van der Waals surface area contributed by atoms with E-state index >= 15 is 0 Å². The van der Waals surface area contributed by atoms with Crippen molar-refractivity contribution in [2.75, 3.05) is 6.54 Å². The van der Waals surface area contributed by atoms with Gasteiger partial charge in [0.15, 0.2) is 0 Å². The minimum Gasteiger partial charge on any atom is -0.444 e. The number of nitrogens with one attached hydrogen (secondary N) is 1. The van der Waals surface area contributed by atoms with Gasteiger partial charge in [-0.2, -0.15) is 0 Å². The van der Waals surface area contributed by atoms with Crippen LogP contribution in [0.2, 0.25) is 0 Å². The van der Waals surface area contributed by atoms with Crippen molar-refractivity contribution in [3.63, 3.8) is 0 Å². The standard InChI is InChI=1S/C17H31N3O4/c1-6-11(2)13(19-16(23)24-17(3,4)5)15(22)20-10-8-7-9-12(20)14(18)21/h11-13H,6-10H2,1-5H3,(H2,18,21)(H,19,23)/t11?,12-,13-/m0/s1. The van der Waals surface area contributed by atoms with E-state index < -0.39 is 29.7 Å². The summed E-state index contributed by atoms with van der Waals surface area (Å²) in [5, 5.41) is 2.68. The predicted molar refractivity (Wildman–Crippen MR) is 91.2 cm³/mol. The first kappa shape index (κ1) is 20.3. The lowest BCUT2D eigenvalue weighted by Crippen LogP contribution is -2.58. The van der Waals surface area contributed by atoms with Crippen LogP contribution in [0.1, 0.15) is 60.3 Å². The van der Waals surface area contributed by atoms with Crippen LogP contribution < -0.4 is 11.1 Å². The van der Waals surface area contributed by atoms with Crippen LogP contribution in [0.5, 0.6) is 0 Å². The van der Waals surface area contributed by atoms with Gasteiger partial charge in [0.1, 0.15) is 17.7 Å². The molecule has 138 valence electrons. The molecule has 1 aliphatic rings. The molecule has 1 rings (SSSR count). The average Bonchev–Trinajstić information content (AvgIpc) is 2.49. The molecule has 1 saturated heterocycles. The summed E-state index contributed by atoms with van der Waals surface area (Å²) < 4.78 is 5.26. The number of rotatable bonds is 5. The summed E-state index contributed by atoms with van der Waals surface area (Å²) in [6, 6.07) is -1.33. The second kappa shape index (κ2) is 8.35. The molecule has 0 bridgehead atoms. The van der Waals surface area contributed by atoms with Crippen LogP contribution in [0.3, 0.4) is 0 Å². The van der Waals surface area contributed by atoms with E-state index in [1.54, 1.807) is 20.8 Å². The second-order valence-electron chi connectivity index (χ2n) is 7.46. The van der Waals surface area contributed by atoms with E-state index in [2.05, 4.69) is 5.32 Å². The van der Waals surface area contributed by atoms with Crippen LogP contribution in [-0.2, 0) is 14.3 Å². The SMILES string of the molecule is CCC(C)[C@H](NC(=O)OC(C)(C)C)C(=O)N1CCCC[C@H]1C(N)=O. The molecular formula is C17H31N3O4. The van der Waals surface area contributed by atoms with Crippen molar-refractivity contribution in [2.45, 2.75) is 78.0 Å². The third kappa shape index (κ3) is 5.69. The summed E-state index contributed by atoms with van der Waals surface area (Å²) in [6.45, 7) is 9.61. The van der Waals surface area contributed by atoms with Gasteiger partial charge in [-0.05, 0) is 46.0 Å². The fraction of sp³-hybridized carbons (Fsp3) is 0.824. The maximum absolute atomic E-state index is 13.0. The number of nitrogens with zero attached hydrogens (tertiary/aromatic N) is 1. The summed E-state index contributed by atoms with van der Waals surface area (Å²) in [7, 11) is 0. The Hall–Kier alpha value is -1.79. The Labute approximate surface area is 144 Å². The topological polar surface area (TPSA) is 102 Å². The number of carbonyl (C=O) groups excluding carboxylic acids is 3. The van der Waals surface area contributed by atoms with Crippen LogP contribution in [0.4, 0.5) is 4.79 Å². The number of hydrogen-bond donors (Lipinski definition) is 2. The Morgan fingerprint density at radius 3 is 2.42 bits per heavy atom. The van der Waals surface area contributed by atoms with Crippen molar-refractivity contribution < 1.29 is 19.1 Å². The molecule has 3 amide bonds. The average molecular weight is 341 g/mol. The molecule has 1 aliphatic heterocycles. The summed E-state index contributed by atoms with van der Waals surface area (Å²) in [6.07, 6.45) is 2.34. The first-order chi connectivity index (χ1) is 11.1. The molecule has 0 aliphatic carbocycles. The van der Waals surface area contributed by atoms with Gasteiger partial charge in [0, 0.05) is 6.54 Å². The molecule has 1 fully saturated rings. The van der Waals surface area contributed by atoms with Gasteiger partial charge in [-0.15, -0.1) is 0 Å². The van der Waals surface area contributed by atoms with Crippen LogP contribution in [0.25, 0.3) is 0 Å². The zero-order chi connectivity index (χ0) is 18.5. The quantitative estimate of drug-likeness (QED) is 0.796. The molecule has 0 radical (unpaired) electrons. The van der Waals surface area contributed by atoms with Crippen molar-refractivity contribution in [1.29, 1.82) is 0 Å². The normalized spacial score (nSPS) is 20.9. The smallest absolute Gasteiger partial charge is 0.408 e. The highest BCUT2D eigenvalue weighted by atomic mass is 16.6. The number of amides is 3. The Morgan fingerprint density at radius 1 is 1.29 bits per heavy atom. The molecule has 0 aromatic carbocycles. The van der Waals surface area contributed by atoms with Crippen molar-refractivity contribution in [3.8, 4) is 0 Å². The Morgan fingerprint density at radius 2 is 1.92 bits per heavy atom. The van der Waals surface area contributed by atoms with Gasteiger partial charge >= 0.3 is 6.09 Å². The highest BCUT2D eigenvalue weighted by molar-refractivity contribution is 5.91. The molecule has 3 N–H and O–H groups in total. The summed E-state index contributed by atoms with van der Waals surface area (Å²) in [4.78, 5) is 38.2. The Balaban J connectivity index is 2.92. The molecule has 0 aromatic rings. The first-order valence-electron chi connectivity index (χ1n) is 8.66. The number of nitrogens with two attached hydrogens (primary N) is 1. The maximum atomic E-state index is 13.0. The molecule has 0 spiro atoms. The summed E-state index contributed by atoms with van der Waals surface area (Å²) in [5.74, 6) is -0.845. The van der Waals surface area contributed by atoms with Crippen LogP contribution in [0.15, 0.2) is 0 Å². The van der Waals surface area contributed by atoms with Gasteiger partial charge in [-0.25, -0.2) is 4.79 Å². The number of alkyl carbamates (subject to hydrolysis) is 1. The molecule has 3 atom stereocenters. The largest absolute Gasteiger partial charge is 0.444 e. The van der Waals surface area contributed by atoms with E-state index in [0.717, 1.165) is 12.8 Å². The molecule has 7 heteroatoms. The van der Waals surface area contributed by atoms with E-state index in [0.29, 0.717) is 19.4 Å². The second-order valence-corrected chi connectivity index (χ2v) is 7.46. The number of primary amides is 1. The van der Waals surface area contributed by atoms with Crippen molar-refractivity contribution >= 4 is 17.9 Å². The van der Waals surface area contributed by atoms with Gasteiger partial charge in [-0.1, -0.05) is 20.3 Å². The predicted octanol–water partition coefficient (Wildman–Crippen LogP) is 1.79. The number of ether oxygens (including phenoxy) is 1. The Kier molecular flexibility index (Phi) is 7.05. The summed E-state index contributed by atoms with van der Waals surface area (Å²) in [5.41, 5.74) is 4.80. The van der Waals surface area contributed by atoms with Gasteiger partial charge in [-0.3, -0.25) is 9.59 Å². The lowest BCUT2D eigenvalue weighted by atomic mass is 9.94. The van der Waals surface area contributed by atoms with Crippen LogP contribution >= 0.6 is 0 Å². The molecule has 1 unspecified atom stereocenters. The lowest BCUT2D eigenvalue weighted by Gasteiger charge is -2.37. The number of likely N-dealkylation sites (tertiary alicyclic amines) is 1. The molecular weight excluding hydrogens is 310 g/mol. The molecule has 0 saturated carbocycles. The fourth-order valence-corrected chi connectivity index (χ4v) is 2.79. The van der Waals surface area contributed by atoms with E-state index in [4.69, 9.17) is 10.5 Å². The van der Waals surface area contributed by atoms with Gasteiger partial charge in [0.25, 0.3) is 0 Å². The van der Waals surface area contributed by atoms with Gasteiger partial charge in [0.2, 0.25) is 11.8 Å². The minimum absolute atomic E-state index is 0.0829. The molecule has 7 nitrogen and oxygen atoms in total. The van der Waals surface area contributed by atoms with Gasteiger partial charge < -0.3 is 20.7 Å². The number of carbonyl (C=O) groups is 3. The molecule has 24 heavy (non-hydrogen) atoms. The highest BCUT2D eigenvalue weighted by Crippen LogP contribution is 2.21. The Bertz CT molecular complexity index is 473. The monoisotopic (exact) mass is 341 g/mol. The lowest BCUT2D eigenvalue weighted by molar-refractivity contribution is -0.143. The van der Waals surface area contributed by atoms with Crippen LogP contribution in [0, 0.1) is 5.92 Å². The third-order valence-electron chi connectivity index (χ3n) is 4.27. The van der Waals surface area contributed by atoms with E-state index in [1.165, 1.54) is 4.90 Å². The minimum atomic E-state index is -0.732. The van der Waals surface area contributed by atoms with Crippen molar-refractivity contribution in [3.05, 3.63) is 0 Å². The summed E-state index contributed by atoms with van der Waals surface area (Å²) >= 11 is 0. The molecule has 0 aromatic heterocycles. The van der Waals surface area contributed by atoms with Crippen molar-refractivity contribution in [1.82, 2.24) is 10.2 Å². The van der Waals surface area contributed by atoms with Crippen LogP contribution in [-0.4, -0.2) is 47.0 Å².